The second kappa shape index (κ2) is 7.02. The maximum absolute atomic E-state index is 11.5. The molecule has 138 valence electrons. The normalized spacial score (nSPS) is 20.8. The molecule has 1 saturated heterocycles. The van der Waals surface area contributed by atoms with Gasteiger partial charge in [-0.15, -0.1) is 0 Å². The van der Waals surface area contributed by atoms with E-state index in [-0.39, 0.29) is 22.8 Å². The molecule has 2 aromatic rings. The summed E-state index contributed by atoms with van der Waals surface area (Å²) in [6, 6.07) is 13.3. The highest BCUT2D eigenvalue weighted by atomic mass is 32.2. The van der Waals surface area contributed by atoms with Gasteiger partial charge in [-0.3, -0.25) is 10.1 Å². The molecule has 0 saturated carbocycles. The fourth-order valence-electron chi connectivity index (χ4n) is 3.09. The molecule has 2 aromatic carbocycles. The zero-order chi connectivity index (χ0) is 18.9. The lowest BCUT2D eigenvalue weighted by Gasteiger charge is -2.38. The molecule has 2 unspecified atom stereocenters. The van der Waals surface area contributed by atoms with Gasteiger partial charge in [0.05, 0.1) is 15.9 Å². The van der Waals surface area contributed by atoms with Gasteiger partial charge in [0, 0.05) is 19.2 Å². The van der Waals surface area contributed by atoms with Crippen LogP contribution in [0.5, 0.6) is 0 Å². The summed E-state index contributed by atoms with van der Waals surface area (Å²) in [7, 11) is -4.02. The maximum atomic E-state index is 11.5. The minimum Gasteiger partial charge on any atom is -0.367 e. The van der Waals surface area contributed by atoms with Crippen molar-refractivity contribution in [3.63, 3.8) is 0 Å². The van der Waals surface area contributed by atoms with E-state index in [1.807, 2.05) is 42.2 Å². The average molecular weight is 377 g/mol. The summed E-state index contributed by atoms with van der Waals surface area (Å²) in [5.41, 5.74) is 1.03. The van der Waals surface area contributed by atoms with Crippen LogP contribution in [0.4, 0.5) is 11.4 Å². The average Bonchev–Trinajstić information content (AvgIpc) is 2.60. The van der Waals surface area contributed by atoms with Gasteiger partial charge in [0.25, 0.3) is 5.69 Å². The summed E-state index contributed by atoms with van der Waals surface area (Å²) in [6.45, 7) is 2.77. The summed E-state index contributed by atoms with van der Waals surface area (Å²) in [5, 5.41) is 16.6. The number of nitro benzene ring substituents is 1. The Hall–Kier alpha value is -2.49. The summed E-state index contributed by atoms with van der Waals surface area (Å²) in [5.74, 6) is 0. The van der Waals surface area contributed by atoms with E-state index in [4.69, 9.17) is 9.88 Å². The highest BCUT2D eigenvalue weighted by Crippen LogP contribution is 2.35. The van der Waals surface area contributed by atoms with Crippen molar-refractivity contribution >= 4 is 21.4 Å². The quantitative estimate of drug-likeness (QED) is 0.645. The Kier molecular flexibility index (Phi) is 4.94. The first-order valence-electron chi connectivity index (χ1n) is 8.02. The van der Waals surface area contributed by atoms with Gasteiger partial charge in [0.1, 0.15) is 11.8 Å². The molecule has 0 amide bonds. The smallest absolute Gasteiger partial charge is 0.293 e. The second-order valence-corrected chi connectivity index (χ2v) is 7.77. The van der Waals surface area contributed by atoms with Gasteiger partial charge in [-0.05, 0) is 24.6 Å². The van der Waals surface area contributed by atoms with Crippen LogP contribution in [0, 0.1) is 10.1 Å². The number of morpholine rings is 1. The first kappa shape index (κ1) is 18.3. The van der Waals surface area contributed by atoms with E-state index in [2.05, 4.69) is 0 Å². The molecule has 26 heavy (non-hydrogen) atoms. The molecule has 0 bridgehead atoms. The molecule has 1 aliphatic heterocycles. The lowest BCUT2D eigenvalue weighted by atomic mass is 10.1. The van der Waals surface area contributed by atoms with Crippen LogP contribution in [0.15, 0.2) is 53.4 Å². The van der Waals surface area contributed by atoms with Crippen molar-refractivity contribution in [2.75, 3.05) is 18.0 Å². The molecule has 0 spiro atoms. The third-order valence-corrected chi connectivity index (χ3v) is 5.16. The van der Waals surface area contributed by atoms with Crippen LogP contribution in [0.3, 0.4) is 0 Å². The Labute approximate surface area is 151 Å². The van der Waals surface area contributed by atoms with Gasteiger partial charge >= 0.3 is 0 Å². The van der Waals surface area contributed by atoms with E-state index in [0.717, 1.165) is 11.6 Å². The molecule has 1 heterocycles. The van der Waals surface area contributed by atoms with Crippen LogP contribution in [0.25, 0.3) is 0 Å². The number of ether oxygens (including phenoxy) is 1. The number of nitrogens with zero attached hydrogens (tertiary/aromatic N) is 2. The monoisotopic (exact) mass is 377 g/mol. The zero-order valence-corrected chi connectivity index (χ0v) is 14.9. The number of anilines is 1. The molecular formula is C17H19N3O5S. The van der Waals surface area contributed by atoms with Gasteiger partial charge in [0.15, 0.2) is 0 Å². The molecule has 2 atom stereocenters. The van der Waals surface area contributed by atoms with Crippen LogP contribution in [0.2, 0.25) is 0 Å². The molecule has 9 heteroatoms. The number of nitro groups is 1. The Morgan fingerprint density at radius 3 is 2.50 bits per heavy atom. The van der Waals surface area contributed by atoms with E-state index in [1.54, 1.807) is 0 Å². The molecule has 8 nitrogen and oxygen atoms in total. The summed E-state index contributed by atoms with van der Waals surface area (Å²) < 4.78 is 29.0. The van der Waals surface area contributed by atoms with E-state index >= 15 is 0 Å². The fourth-order valence-corrected chi connectivity index (χ4v) is 3.63. The zero-order valence-electron chi connectivity index (χ0n) is 14.1. The van der Waals surface area contributed by atoms with Gasteiger partial charge in [-0.25, -0.2) is 13.6 Å². The molecule has 2 N–H and O–H groups in total. The van der Waals surface area contributed by atoms with E-state index in [9.17, 15) is 18.5 Å². The van der Waals surface area contributed by atoms with E-state index in [0.29, 0.717) is 18.8 Å². The maximum Gasteiger partial charge on any atom is 0.293 e. The number of hydrogen-bond donors (Lipinski definition) is 1. The minimum atomic E-state index is -4.02. The van der Waals surface area contributed by atoms with Crippen LogP contribution in [0.1, 0.15) is 18.6 Å². The van der Waals surface area contributed by atoms with Gasteiger partial charge in [0.2, 0.25) is 10.0 Å². The number of nitrogens with two attached hydrogens (primary N) is 1. The van der Waals surface area contributed by atoms with Gasteiger partial charge < -0.3 is 9.64 Å². The van der Waals surface area contributed by atoms with Crippen molar-refractivity contribution in [2.45, 2.75) is 24.0 Å². The van der Waals surface area contributed by atoms with Gasteiger partial charge in [-0.2, -0.15) is 0 Å². The Balaban J connectivity index is 1.98. The molecule has 3 rings (SSSR count). The van der Waals surface area contributed by atoms with E-state index in [1.165, 1.54) is 12.1 Å². The third-order valence-electron chi connectivity index (χ3n) is 4.24. The molecule has 0 radical (unpaired) electrons. The van der Waals surface area contributed by atoms with Crippen molar-refractivity contribution < 1.29 is 18.1 Å². The molecule has 0 aliphatic carbocycles. The summed E-state index contributed by atoms with van der Waals surface area (Å²) in [4.78, 5) is 12.5. The van der Waals surface area contributed by atoms with Crippen molar-refractivity contribution in [1.29, 1.82) is 0 Å². The number of benzene rings is 2. The standard InChI is InChI=1S/C17H19N3O5S/c1-12-10-19(11-17(25-12)13-5-3-2-4-6-13)15-8-7-14(26(18,23)24)9-16(15)20(21)22/h2-9,12,17H,10-11H2,1H3,(H2,18,23,24). The van der Waals surface area contributed by atoms with E-state index < -0.39 is 14.9 Å². The number of primary sulfonamides is 1. The van der Waals surface area contributed by atoms with Crippen molar-refractivity contribution in [1.82, 2.24) is 0 Å². The number of rotatable bonds is 4. The molecule has 1 aliphatic rings. The predicted molar refractivity (Wildman–Crippen MR) is 96.4 cm³/mol. The SMILES string of the molecule is CC1CN(c2ccc(S(N)(=O)=O)cc2[N+](=O)[O-])CC(c2ccccc2)O1. The highest BCUT2D eigenvalue weighted by Gasteiger charge is 2.31. The second-order valence-electron chi connectivity index (χ2n) is 6.20. The van der Waals surface area contributed by atoms with Crippen LogP contribution < -0.4 is 10.0 Å². The predicted octanol–water partition coefficient (Wildman–Crippen LogP) is 2.21. The largest absolute Gasteiger partial charge is 0.367 e. The molecule has 0 aromatic heterocycles. The van der Waals surface area contributed by atoms with Crippen molar-refractivity contribution in [2.24, 2.45) is 5.14 Å². The van der Waals surface area contributed by atoms with Crippen LogP contribution in [-0.2, 0) is 14.8 Å². The van der Waals surface area contributed by atoms with Crippen LogP contribution >= 0.6 is 0 Å². The number of hydrogen-bond acceptors (Lipinski definition) is 6. The highest BCUT2D eigenvalue weighted by molar-refractivity contribution is 7.89. The molecular weight excluding hydrogens is 358 g/mol. The lowest BCUT2D eigenvalue weighted by Crippen LogP contribution is -2.43. The lowest BCUT2D eigenvalue weighted by molar-refractivity contribution is -0.384. The fraction of sp³-hybridized carbons (Fsp3) is 0.294. The molecule has 1 fully saturated rings. The topological polar surface area (TPSA) is 116 Å². The number of sulfonamides is 1. The Morgan fingerprint density at radius 1 is 1.19 bits per heavy atom. The first-order chi connectivity index (χ1) is 12.3. The minimum absolute atomic E-state index is 0.147. The van der Waals surface area contributed by atoms with Crippen LogP contribution in [-0.4, -0.2) is 32.5 Å². The Bertz CT molecular complexity index is 917. The Morgan fingerprint density at radius 2 is 1.88 bits per heavy atom. The first-order valence-corrected chi connectivity index (χ1v) is 9.57. The van der Waals surface area contributed by atoms with Crippen molar-refractivity contribution in [3.05, 3.63) is 64.2 Å². The van der Waals surface area contributed by atoms with Gasteiger partial charge in [-0.1, -0.05) is 30.3 Å². The summed E-state index contributed by atoms with van der Waals surface area (Å²) >= 11 is 0. The third kappa shape index (κ3) is 3.85. The van der Waals surface area contributed by atoms with Crippen molar-refractivity contribution in [3.8, 4) is 0 Å². The summed E-state index contributed by atoms with van der Waals surface area (Å²) in [6.07, 6.45) is -0.385.